The van der Waals surface area contributed by atoms with Crippen molar-refractivity contribution < 1.29 is 13.7 Å². The molecule has 0 spiro atoms. The molecule has 1 aliphatic heterocycles. The predicted octanol–water partition coefficient (Wildman–Crippen LogP) is 4.07. The van der Waals surface area contributed by atoms with Crippen LogP contribution in [0.5, 0.6) is 0 Å². The van der Waals surface area contributed by atoms with Crippen LogP contribution < -0.4 is 4.90 Å². The van der Waals surface area contributed by atoms with Gasteiger partial charge in [-0.15, -0.1) is 0 Å². The number of para-hydroxylation sites is 1. The molecule has 0 saturated carbocycles. The number of hydrogen-bond donors (Lipinski definition) is 0. The summed E-state index contributed by atoms with van der Waals surface area (Å²) in [5.74, 6) is -0.0533. The molecule has 1 amide bonds. The van der Waals surface area contributed by atoms with E-state index in [0.717, 1.165) is 18.5 Å². The second-order valence-electron chi connectivity index (χ2n) is 5.77. The van der Waals surface area contributed by atoms with Crippen LogP contribution in [0.25, 0.3) is 11.3 Å². The van der Waals surface area contributed by atoms with E-state index < -0.39 is 0 Å². The van der Waals surface area contributed by atoms with Gasteiger partial charge in [0.2, 0.25) is 0 Å². The van der Waals surface area contributed by atoms with Gasteiger partial charge in [0.05, 0.1) is 0 Å². The van der Waals surface area contributed by atoms with E-state index >= 15 is 0 Å². The smallest absolute Gasteiger partial charge is 0.280 e. The summed E-state index contributed by atoms with van der Waals surface area (Å²) in [4.78, 5) is 14.5. The number of aromatic nitrogens is 1. The van der Waals surface area contributed by atoms with E-state index in [-0.39, 0.29) is 17.4 Å². The Kier molecular flexibility index (Phi) is 3.61. The van der Waals surface area contributed by atoms with Crippen LogP contribution in [0.15, 0.2) is 59.1 Å². The molecule has 2 heterocycles. The molecule has 0 radical (unpaired) electrons. The van der Waals surface area contributed by atoms with E-state index in [1.807, 2.05) is 24.3 Å². The van der Waals surface area contributed by atoms with Crippen LogP contribution in [0.2, 0.25) is 0 Å². The van der Waals surface area contributed by atoms with Crippen molar-refractivity contribution in [1.29, 1.82) is 0 Å². The number of benzene rings is 2. The summed E-state index contributed by atoms with van der Waals surface area (Å²) in [6.07, 6.45) is 1.89. The Morgan fingerprint density at radius 3 is 2.75 bits per heavy atom. The van der Waals surface area contributed by atoms with E-state index in [9.17, 15) is 9.18 Å². The van der Waals surface area contributed by atoms with Crippen LogP contribution >= 0.6 is 0 Å². The molecule has 120 valence electrons. The van der Waals surface area contributed by atoms with Crippen LogP contribution in [-0.2, 0) is 6.42 Å². The highest BCUT2D eigenvalue weighted by atomic mass is 19.1. The largest absolute Gasteiger partial charge is 0.355 e. The summed E-state index contributed by atoms with van der Waals surface area (Å²) < 4.78 is 18.3. The normalized spacial score (nSPS) is 13.6. The Balaban J connectivity index is 1.63. The van der Waals surface area contributed by atoms with Gasteiger partial charge >= 0.3 is 0 Å². The van der Waals surface area contributed by atoms with Gasteiger partial charge in [-0.1, -0.05) is 23.4 Å². The lowest BCUT2D eigenvalue weighted by atomic mass is 10.0. The third-order valence-corrected chi connectivity index (χ3v) is 4.21. The molecule has 4 rings (SSSR count). The summed E-state index contributed by atoms with van der Waals surface area (Å²) >= 11 is 0. The van der Waals surface area contributed by atoms with Crippen LogP contribution in [0.4, 0.5) is 10.1 Å². The minimum atomic E-state index is -0.320. The summed E-state index contributed by atoms with van der Waals surface area (Å²) in [5, 5.41) is 3.90. The zero-order chi connectivity index (χ0) is 16.5. The number of amides is 1. The number of carbonyl (C=O) groups is 1. The van der Waals surface area contributed by atoms with Gasteiger partial charge in [-0.05, 0) is 48.7 Å². The molecule has 0 unspecified atom stereocenters. The zero-order valence-electron chi connectivity index (χ0n) is 12.9. The third-order valence-electron chi connectivity index (χ3n) is 4.21. The number of carbonyl (C=O) groups excluding carboxylic acids is 1. The molecule has 0 N–H and O–H groups in total. The van der Waals surface area contributed by atoms with Crippen molar-refractivity contribution in [2.45, 2.75) is 12.8 Å². The number of hydrogen-bond acceptors (Lipinski definition) is 3. The Labute approximate surface area is 138 Å². The maximum absolute atomic E-state index is 13.0. The third kappa shape index (κ3) is 2.58. The molecule has 3 aromatic rings. The van der Waals surface area contributed by atoms with Crippen LogP contribution in [-0.4, -0.2) is 17.6 Å². The van der Waals surface area contributed by atoms with Gasteiger partial charge in [0.1, 0.15) is 5.82 Å². The minimum absolute atomic E-state index is 0.181. The number of rotatable bonds is 2. The lowest BCUT2D eigenvalue weighted by molar-refractivity contribution is 0.0976. The fourth-order valence-corrected chi connectivity index (χ4v) is 3.01. The molecule has 1 aromatic heterocycles. The summed E-state index contributed by atoms with van der Waals surface area (Å²) in [6.45, 7) is 0.661. The van der Waals surface area contributed by atoms with Gasteiger partial charge in [-0.25, -0.2) is 4.39 Å². The lowest BCUT2D eigenvalue weighted by Gasteiger charge is -2.28. The monoisotopic (exact) mass is 322 g/mol. The van der Waals surface area contributed by atoms with Gasteiger partial charge in [0.25, 0.3) is 5.91 Å². The van der Waals surface area contributed by atoms with Crippen LogP contribution in [0.3, 0.4) is 0 Å². The summed E-state index contributed by atoms with van der Waals surface area (Å²) in [5.41, 5.74) is 3.03. The first kappa shape index (κ1) is 14.6. The van der Waals surface area contributed by atoms with E-state index in [0.29, 0.717) is 17.9 Å². The quantitative estimate of drug-likeness (QED) is 0.714. The minimum Gasteiger partial charge on any atom is -0.355 e. The van der Waals surface area contributed by atoms with Crippen LogP contribution in [0.1, 0.15) is 22.5 Å². The van der Waals surface area contributed by atoms with E-state index in [2.05, 4.69) is 5.16 Å². The molecular weight excluding hydrogens is 307 g/mol. The van der Waals surface area contributed by atoms with Gasteiger partial charge in [-0.2, -0.15) is 0 Å². The Morgan fingerprint density at radius 1 is 1.12 bits per heavy atom. The number of halogens is 1. The SMILES string of the molecule is O=C(c1cc(-c2ccc(F)cc2)on1)N1CCCc2ccccc21. The maximum atomic E-state index is 13.0. The number of aryl methyl sites for hydroxylation is 1. The topological polar surface area (TPSA) is 46.3 Å². The average molecular weight is 322 g/mol. The summed E-state index contributed by atoms with van der Waals surface area (Å²) in [6, 6.07) is 15.4. The molecule has 0 bridgehead atoms. The highest BCUT2D eigenvalue weighted by Gasteiger charge is 2.25. The lowest BCUT2D eigenvalue weighted by Crippen LogP contribution is -2.35. The Morgan fingerprint density at radius 2 is 1.92 bits per heavy atom. The van der Waals surface area contributed by atoms with Crippen LogP contribution in [0, 0.1) is 5.82 Å². The summed E-state index contributed by atoms with van der Waals surface area (Å²) in [7, 11) is 0. The molecule has 24 heavy (non-hydrogen) atoms. The highest BCUT2D eigenvalue weighted by molar-refractivity contribution is 6.05. The molecule has 0 aliphatic carbocycles. The molecule has 1 aliphatic rings. The van der Waals surface area contributed by atoms with Crippen molar-refractivity contribution in [2.75, 3.05) is 11.4 Å². The van der Waals surface area contributed by atoms with E-state index in [4.69, 9.17) is 4.52 Å². The van der Waals surface area contributed by atoms with Gasteiger partial charge < -0.3 is 9.42 Å². The fraction of sp³-hybridized carbons (Fsp3) is 0.158. The Hall–Kier alpha value is -2.95. The van der Waals surface area contributed by atoms with Crippen molar-refractivity contribution in [3.05, 3.63) is 71.7 Å². The zero-order valence-corrected chi connectivity index (χ0v) is 12.9. The molecule has 4 nitrogen and oxygen atoms in total. The van der Waals surface area contributed by atoms with Gasteiger partial charge in [0, 0.05) is 23.9 Å². The molecule has 0 saturated heterocycles. The maximum Gasteiger partial charge on any atom is 0.280 e. The molecular formula is C19H15FN2O2. The van der Waals surface area contributed by atoms with E-state index in [1.165, 1.54) is 17.7 Å². The van der Waals surface area contributed by atoms with Gasteiger partial charge in [-0.3, -0.25) is 4.79 Å². The van der Waals surface area contributed by atoms with E-state index in [1.54, 1.807) is 23.1 Å². The van der Waals surface area contributed by atoms with Crippen molar-refractivity contribution >= 4 is 11.6 Å². The molecule has 0 fully saturated rings. The first-order chi connectivity index (χ1) is 11.7. The predicted molar refractivity (Wildman–Crippen MR) is 88.3 cm³/mol. The second-order valence-corrected chi connectivity index (χ2v) is 5.77. The average Bonchev–Trinajstić information content (AvgIpc) is 3.11. The molecule has 5 heteroatoms. The first-order valence-corrected chi connectivity index (χ1v) is 7.85. The second kappa shape index (κ2) is 5.92. The number of nitrogens with zero attached hydrogens (tertiary/aromatic N) is 2. The number of anilines is 1. The number of fused-ring (bicyclic) bond motifs is 1. The van der Waals surface area contributed by atoms with Crippen molar-refractivity contribution in [3.63, 3.8) is 0 Å². The van der Waals surface area contributed by atoms with Crippen molar-refractivity contribution in [1.82, 2.24) is 5.16 Å². The standard InChI is InChI=1S/C19H15FN2O2/c20-15-9-7-14(8-10-15)18-12-16(21-24-18)19(23)22-11-3-5-13-4-1-2-6-17(13)22/h1-2,4,6-10,12H,3,5,11H2. The fourth-order valence-electron chi connectivity index (χ4n) is 3.01. The first-order valence-electron chi connectivity index (χ1n) is 7.85. The van der Waals surface area contributed by atoms with Crippen molar-refractivity contribution in [2.24, 2.45) is 0 Å². The van der Waals surface area contributed by atoms with Crippen molar-refractivity contribution in [3.8, 4) is 11.3 Å². The Bertz CT molecular complexity index is 886. The highest BCUT2D eigenvalue weighted by Crippen LogP contribution is 2.29. The van der Waals surface area contributed by atoms with Gasteiger partial charge in [0.15, 0.2) is 11.5 Å². The molecule has 0 atom stereocenters. The molecule has 2 aromatic carbocycles.